The number of methoxy groups -OCH3 is 1. The van der Waals surface area contributed by atoms with Gasteiger partial charge in [0.05, 0.1) is 13.2 Å². The Morgan fingerprint density at radius 3 is 2.74 bits per heavy atom. The van der Waals surface area contributed by atoms with Gasteiger partial charge in [-0.1, -0.05) is 12.1 Å². The van der Waals surface area contributed by atoms with E-state index in [0.717, 1.165) is 24.7 Å². The van der Waals surface area contributed by atoms with Crippen LogP contribution in [0.5, 0.6) is 5.75 Å². The van der Waals surface area contributed by atoms with Crippen molar-refractivity contribution in [3.63, 3.8) is 0 Å². The Balaban J connectivity index is 1.74. The van der Waals surface area contributed by atoms with Gasteiger partial charge in [0.25, 0.3) is 5.91 Å². The molecule has 0 aliphatic carbocycles. The minimum atomic E-state index is -0.0763. The first-order valence-electron chi connectivity index (χ1n) is 9.38. The van der Waals surface area contributed by atoms with Crippen molar-refractivity contribution in [2.24, 2.45) is 0 Å². The maximum Gasteiger partial charge on any atom is 0.251 e. The number of ether oxygens (including phenoxy) is 1. The SMILES string of the molecule is COc1cccc([C@@H](CNC(=O)c2ccnc(N(C)C)c2)N2CCCC2)c1. The van der Waals surface area contributed by atoms with Crippen LogP contribution in [0.3, 0.4) is 0 Å². The summed E-state index contributed by atoms with van der Waals surface area (Å²) >= 11 is 0. The second kappa shape index (κ2) is 8.86. The summed E-state index contributed by atoms with van der Waals surface area (Å²) < 4.78 is 5.38. The standard InChI is InChI=1S/C21H28N4O2/c1-24(2)20-14-17(9-10-22-20)21(26)23-15-19(25-11-4-5-12-25)16-7-6-8-18(13-16)27-3/h6-10,13-14,19H,4-5,11-12,15H2,1-3H3,(H,23,26)/t19-/m1/s1. The molecule has 1 saturated heterocycles. The molecule has 1 N–H and O–H groups in total. The van der Waals surface area contributed by atoms with Crippen LogP contribution >= 0.6 is 0 Å². The Hall–Kier alpha value is -2.60. The number of likely N-dealkylation sites (tertiary alicyclic amines) is 1. The molecule has 0 radical (unpaired) electrons. The lowest BCUT2D eigenvalue weighted by atomic mass is 10.0. The third-order valence-corrected chi connectivity index (χ3v) is 4.98. The van der Waals surface area contributed by atoms with Gasteiger partial charge in [0.2, 0.25) is 0 Å². The van der Waals surface area contributed by atoms with Crippen LogP contribution < -0.4 is 15.0 Å². The highest BCUT2D eigenvalue weighted by molar-refractivity contribution is 5.94. The number of pyridine rings is 1. The lowest BCUT2D eigenvalue weighted by molar-refractivity contribution is 0.0938. The molecule has 1 aliphatic heterocycles. The Kier molecular flexibility index (Phi) is 6.29. The van der Waals surface area contributed by atoms with Crippen molar-refractivity contribution < 1.29 is 9.53 Å². The van der Waals surface area contributed by atoms with Crippen molar-refractivity contribution in [1.82, 2.24) is 15.2 Å². The van der Waals surface area contributed by atoms with Crippen LogP contribution in [0.4, 0.5) is 5.82 Å². The molecule has 144 valence electrons. The van der Waals surface area contributed by atoms with Crippen LogP contribution in [0.25, 0.3) is 0 Å². The number of aromatic nitrogens is 1. The van der Waals surface area contributed by atoms with Gasteiger partial charge >= 0.3 is 0 Å². The molecule has 0 saturated carbocycles. The highest BCUT2D eigenvalue weighted by Crippen LogP contribution is 2.27. The summed E-state index contributed by atoms with van der Waals surface area (Å²) in [5.74, 6) is 1.53. The van der Waals surface area contributed by atoms with E-state index in [9.17, 15) is 4.79 Å². The number of nitrogens with one attached hydrogen (secondary N) is 1. The average molecular weight is 368 g/mol. The molecule has 6 heteroatoms. The molecule has 0 unspecified atom stereocenters. The van der Waals surface area contributed by atoms with Gasteiger partial charge in [0.1, 0.15) is 11.6 Å². The van der Waals surface area contributed by atoms with Gasteiger partial charge in [0, 0.05) is 32.4 Å². The van der Waals surface area contributed by atoms with Crippen LogP contribution in [0.1, 0.15) is 34.8 Å². The molecule has 1 aromatic carbocycles. The smallest absolute Gasteiger partial charge is 0.251 e. The van der Waals surface area contributed by atoms with Crippen LogP contribution in [0.15, 0.2) is 42.6 Å². The zero-order chi connectivity index (χ0) is 19.2. The monoisotopic (exact) mass is 368 g/mol. The highest BCUT2D eigenvalue weighted by Gasteiger charge is 2.24. The number of hydrogen-bond donors (Lipinski definition) is 1. The number of anilines is 1. The molecule has 0 spiro atoms. The van der Waals surface area contributed by atoms with Gasteiger partial charge in [-0.2, -0.15) is 0 Å². The van der Waals surface area contributed by atoms with Gasteiger partial charge in [-0.25, -0.2) is 4.98 Å². The number of carbonyl (C=O) groups excluding carboxylic acids is 1. The Morgan fingerprint density at radius 1 is 1.26 bits per heavy atom. The topological polar surface area (TPSA) is 57.7 Å². The van der Waals surface area contributed by atoms with E-state index in [1.54, 1.807) is 19.4 Å². The minimum absolute atomic E-state index is 0.0763. The predicted octanol–water partition coefficient (Wildman–Crippen LogP) is 2.72. The molecule has 0 bridgehead atoms. The van der Waals surface area contributed by atoms with Crippen molar-refractivity contribution in [3.05, 3.63) is 53.7 Å². The fourth-order valence-corrected chi connectivity index (χ4v) is 3.46. The summed E-state index contributed by atoms with van der Waals surface area (Å²) in [6, 6.07) is 11.8. The fourth-order valence-electron chi connectivity index (χ4n) is 3.46. The van der Waals surface area contributed by atoms with Crippen LogP contribution in [-0.2, 0) is 0 Å². The molecule has 1 aliphatic rings. The van der Waals surface area contributed by atoms with Crippen molar-refractivity contribution >= 4 is 11.7 Å². The van der Waals surface area contributed by atoms with E-state index in [-0.39, 0.29) is 11.9 Å². The largest absolute Gasteiger partial charge is 0.497 e. The minimum Gasteiger partial charge on any atom is -0.497 e. The second-order valence-electron chi connectivity index (χ2n) is 7.04. The predicted molar refractivity (Wildman–Crippen MR) is 107 cm³/mol. The highest BCUT2D eigenvalue weighted by atomic mass is 16.5. The van der Waals surface area contributed by atoms with Gasteiger partial charge in [-0.3, -0.25) is 9.69 Å². The molecule has 1 fully saturated rings. The third kappa shape index (κ3) is 4.77. The molecule has 1 atom stereocenters. The lowest BCUT2D eigenvalue weighted by Crippen LogP contribution is -2.36. The van der Waals surface area contributed by atoms with Gasteiger partial charge in [0.15, 0.2) is 0 Å². The Bertz CT molecular complexity index is 772. The molecular formula is C21H28N4O2. The summed E-state index contributed by atoms with van der Waals surface area (Å²) in [6.45, 7) is 2.67. The van der Waals surface area contributed by atoms with Crippen LogP contribution in [0.2, 0.25) is 0 Å². The van der Waals surface area contributed by atoms with Crippen LogP contribution in [-0.4, -0.2) is 56.6 Å². The zero-order valence-corrected chi connectivity index (χ0v) is 16.3. The van der Waals surface area contributed by atoms with Crippen molar-refractivity contribution in [1.29, 1.82) is 0 Å². The van der Waals surface area contributed by atoms with E-state index < -0.39 is 0 Å². The molecule has 3 rings (SSSR count). The van der Waals surface area contributed by atoms with E-state index in [0.29, 0.717) is 12.1 Å². The quantitative estimate of drug-likeness (QED) is 0.814. The Labute approximate surface area is 161 Å². The number of hydrogen-bond acceptors (Lipinski definition) is 5. The lowest BCUT2D eigenvalue weighted by Gasteiger charge is -2.28. The third-order valence-electron chi connectivity index (χ3n) is 4.98. The average Bonchev–Trinajstić information content (AvgIpc) is 3.22. The summed E-state index contributed by atoms with van der Waals surface area (Å²) in [5, 5.41) is 3.11. The number of carbonyl (C=O) groups is 1. The summed E-state index contributed by atoms with van der Waals surface area (Å²) in [5.41, 5.74) is 1.79. The number of benzene rings is 1. The van der Waals surface area contributed by atoms with Gasteiger partial charge in [-0.15, -0.1) is 0 Å². The summed E-state index contributed by atoms with van der Waals surface area (Å²) in [6.07, 6.45) is 4.07. The van der Waals surface area contributed by atoms with Crippen LogP contribution in [0, 0.1) is 0 Å². The van der Waals surface area contributed by atoms with E-state index >= 15 is 0 Å². The first-order chi connectivity index (χ1) is 13.1. The first-order valence-corrected chi connectivity index (χ1v) is 9.38. The molecule has 6 nitrogen and oxygen atoms in total. The molecule has 27 heavy (non-hydrogen) atoms. The van der Waals surface area contributed by atoms with Crippen molar-refractivity contribution in [2.45, 2.75) is 18.9 Å². The van der Waals surface area contributed by atoms with E-state index in [1.165, 1.54) is 18.4 Å². The molecule has 2 heterocycles. The fraction of sp³-hybridized carbons (Fsp3) is 0.429. The van der Waals surface area contributed by atoms with Gasteiger partial charge in [-0.05, 0) is 55.8 Å². The zero-order valence-electron chi connectivity index (χ0n) is 16.3. The van der Waals surface area contributed by atoms with Crippen molar-refractivity contribution in [2.75, 3.05) is 45.7 Å². The van der Waals surface area contributed by atoms with E-state index in [2.05, 4.69) is 27.3 Å². The number of amides is 1. The van der Waals surface area contributed by atoms with Crippen molar-refractivity contribution in [3.8, 4) is 5.75 Å². The molecular weight excluding hydrogens is 340 g/mol. The molecule has 1 aromatic heterocycles. The first kappa shape index (κ1) is 19.2. The van der Waals surface area contributed by atoms with E-state index in [4.69, 9.17) is 4.74 Å². The molecule has 1 amide bonds. The summed E-state index contributed by atoms with van der Waals surface area (Å²) in [7, 11) is 5.50. The maximum atomic E-state index is 12.7. The summed E-state index contributed by atoms with van der Waals surface area (Å²) in [4.78, 5) is 21.3. The second-order valence-corrected chi connectivity index (χ2v) is 7.04. The van der Waals surface area contributed by atoms with E-state index in [1.807, 2.05) is 37.2 Å². The van der Waals surface area contributed by atoms with Gasteiger partial charge < -0.3 is 15.0 Å². The Morgan fingerprint density at radius 2 is 2.04 bits per heavy atom. The number of rotatable bonds is 7. The normalized spacial score (nSPS) is 15.4. The maximum absolute atomic E-state index is 12.7. The molecule has 2 aromatic rings. The number of nitrogens with zero attached hydrogens (tertiary/aromatic N) is 3.